The maximum absolute atomic E-state index is 12.7. The lowest BCUT2D eigenvalue weighted by Crippen LogP contribution is -2.49. The molecule has 3 aromatic rings. The van der Waals surface area contributed by atoms with Crippen molar-refractivity contribution in [3.05, 3.63) is 48.5 Å². The number of nitrogens with zero attached hydrogens (tertiary/aromatic N) is 4. The van der Waals surface area contributed by atoms with Crippen LogP contribution in [0.4, 0.5) is 5.69 Å². The predicted octanol–water partition coefficient (Wildman–Crippen LogP) is 2.93. The Morgan fingerprint density at radius 3 is 2.48 bits per heavy atom. The van der Waals surface area contributed by atoms with Gasteiger partial charge in [-0.25, -0.2) is 4.98 Å². The van der Waals surface area contributed by atoms with E-state index in [1.54, 1.807) is 14.2 Å². The summed E-state index contributed by atoms with van der Waals surface area (Å²) in [5, 5.41) is 7.72. The molecule has 0 atom stereocenters. The Morgan fingerprint density at radius 1 is 1.03 bits per heavy atom. The van der Waals surface area contributed by atoms with Crippen molar-refractivity contribution in [2.75, 3.05) is 51.1 Å². The Bertz CT molecular complexity index is 1020. The van der Waals surface area contributed by atoms with E-state index in [1.165, 1.54) is 11.8 Å². The summed E-state index contributed by atoms with van der Waals surface area (Å²) in [6.07, 6.45) is 0. The van der Waals surface area contributed by atoms with Crippen molar-refractivity contribution < 1.29 is 14.3 Å². The lowest BCUT2D eigenvalue weighted by Gasteiger charge is -2.36. The van der Waals surface area contributed by atoms with Gasteiger partial charge in [-0.3, -0.25) is 9.89 Å². The molecule has 0 unspecified atom stereocenters. The Kier molecular flexibility index (Phi) is 6.61. The van der Waals surface area contributed by atoms with E-state index >= 15 is 0 Å². The van der Waals surface area contributed by atoms with Gasteiger partial charge >= 0.3 is 0 Å². The zero-order valence-corrected chi connectivity index (χ0v) is 18.4. The molecule has 1 amide bonds. The summed E-state index contributed by atoms with van der Waals surface area (Å²) in [6.45, 7) is 2.92. The maximum atomic E-state index is 12.7. The monoisotopic (exact) mass is 439 g/mol. The van der Waals surface area contributed by atoms with Crippen LogP contribution in [0, 0.1) is 0 Å². The molecule has 1 aromatic heterocycles. The number of carbonyl (C=O) groups is 1. The minimum absolute atomic E-state index is 0.0977. The SMILES string of the molecule is COc1ccc(-c2nc(SCC(=O)N3CCN(c4ccccc4OC)CC3)n[nH]2)cc1. The molecule has 1 saturated heterocycles. The van der Waals surface area contributed by atoms with Gasteiger partial charge in [0.2, 0.25) is 11.1 Å². The molecule has 1 aliphatic heterocycles. The van der Waals surface area contributed by atoms with Crippen molar-refractivity contribution >= 4 is 23.4 Å². The number of thioether (sulfide) groups is 1. The standard InChI is InChI=1S/C22H25N5O3S/c1-29-17-9-7-16(8-10-17)21-23-22(25-24-21)31-15-20(28)27-13-11-26(12-14-27)18-5-3-4-6-19(18)30-2/h3-10H,11-15H2,1-2H3,(H,23,24,25). The van der Waals surface area contributed by atoms with Gasteiger partial charge in [0, 0.05) is 31.7 Å². The fourth-order valence-electron chi connectivity index (χ4n) is 3.49. The fraction of sp³-hybridized carbons (Fsp3) is 0.318. The van der Waals surface area contributed by atoms with Gasteiger partial charge in [0.05, 0.1) is 25.7 Å². The molecular weight excluding hydrogens is 414 g/mol. The molecule has 0 bridgehead atoms. The van der Waals surface area contributed by atoms with Crippen molar-refractivity contribution in [2.45, 2.75) is 5.16 Å². The van der Waals surface area contributed by atoms with E-state index in [4.69, 9.17) is 9.47 Å². The minimum Gasteiger partial charge on any atom is -0.497 e. The molecule has 0 aliphatic carbocycles. The van der Waals surface area contributed by atoms with Crippen LogP contribution in [0.1, 0.15) is 0 Å². The zero-order chi connectivity index (χ0) is 21.6. The average Bonchev–Trinajstić information content (AvgIpc) is 3.32. The fourth-order valence-corrected chi connectivity index (χ4v) is 4.20. The highest BCUT2D eigenvalue weighted by Crippen LogP contribution is 2.28. The van der Waals surface area contributed by atoms with Crippen molar-refractivity contribution in [3.8, 4) is 22.9 Å². The van der Waals surface area contributed by atoms with Gasteiger partial charge in [0.15, 0.2) is 5.82 Å². The van der Waals surface area contributed by atoms with Gasteiger partial charge in [-0.15, -0.1) is 5.10 Å². The van der Waals surface area contributed by atoms with E-state index in [1.807, 2.05) is 47.4 Å². The molecule has 162 valence electrons. The van der Waals surface area contributed by atoms with Gasteiger partial charge in [0.25, 0.3) is 0 Å². The largest absolute Gasteiger partial charge is 0.497 e. The third kappa shape index (κ3) is 4.93. The van der Waals surface area contributed by atoms with Crippen LogP contribution in [-0.4, -0.2) is 72.1 Å². The molecule has 8 nitrogen and oxygen atoms in total. The Labute approximate surface area is 185 Å². The van der Waals surface area contributed by atoms with Crippen molar-refractivity contribution in [1.82, 2.24) is 20.1 Å². The van der Waals surface area contributed by atoms with Crippen LogP contribution in [0.15, 0.2) is 53.7 Å². The lowest BCUT2D eigenvalue weighted by atomic mass is 10.2. The normalized spacial score (nSPS) is 13.9. The van der Waals surface area contributed by atoms with Gasteiger partial charge in [0.1, 0.15) is 11.5 Å². The number of ether oxygens (including phenoxy) is 2. The summed E-state index contributed by atoms with van der Waals surface area (Å²) < 4.78 is 10.6. The first kappa shape index (κ1) is 21.0. The summed E-state index contributed by atoms with van der Waals surface area (Å²) in [5.74, 6) is 2.72. The van der Waals surface area contributed by atoms with E-state index in [0.717, 1.165) is 35.8 Å². The number of rotatable bonds is 7. The van der Waals surface area contributed by atoms with E-state index < -0.39 is 0 Å². The third-order valence-corrected chi connectivity index (χ3v) is 6.04. The second-order valence-corrected chi connectivity index (χ2v) is 7.97. The number of benzene rings is 2. The minimum atomic E-state index is 0.0977. The number of hydrogen-bond acceptors (Lipinski definition) is 7. The topological polar surface area (TPSA) is 83.6 Å². The molecule has 1 aliphatic rings. The number of piperazine rings is 1. The predicted molar refractivity (Wildman–Crippen MR) is 121 cm³/mol. The molecule has 0 saturated carbocycles. The first-order valence-corrected chi connectivity index (χ1v) is 11.0. The maximum Gasteiger partial charge on any atom is 0.233 e. The molecular formula is C22H25N5O3S. The number of aromatic nitrogens is 3. The van der Waals surface area contributed by atoms with Gasteiger partial charge in [-0.05, 0) is 36.4 Å². The molecule has 0 radical (unpaired) electrons. The van der Waals surface area contributed by atoms with Crippen LogP contribution in [0.5, 0.6) is 11.5 Å². The quantitative estimate of drug-likeness (QED) is 0.567. The van der Waals surface area contributed by atoms with Crippen LogP contribution in [0.25, 0.3) is 11.4 Å². The molecule has 2 aromatic carbocycles. The number of nitrogens with one attached hydrogen (secondary N) is 1. The van der Waals surface area contributed by atoms with E-state index in [9.17, 15) is 4.79 Å². The second-order valence-electron chi connectivity index (χ2n) is 7.02. The molecule has 0 spiro atoms. The summed E-state index contributed by atoms with van der Waals surface area (Å²) in [7, 11) is 3.31. The number of para-hydroxylation sites is 2. The zero-order valence-electron chi connectivity index (χ0n) is 17.6. The van der Waals surface area contributed by atoms with Gasteiger partial charge < -0.3 is 19.3 Å². The summed E-state index contributed by atoms with van der Waals surface area (Å²) >= 11 is 1.35. The van der Waals surface area contributed by atoms with Gasteiger partial charge in [-0.2, -0.15) is 0 Å². The van der Waals surface area contributed by atoms with Crippen LogP contribution < -0.4 is 14.4 Å². The Morgan fingerprint density at radius 2 is 1.77 bits per heavy atom. The van der Waals surface area contributed by atoms with E-state index in [-0.39, 0.29) is 5.91 Å². The Balaban J connectivity index is 1.28. The van der Waals surface area contributed by atoms with Crippen molar-refractivity contribution in [1.29, 1.82) is 0 Å². The van der Waals surface area contributed by atoms with Gasteiger partial charge in [-0.1, -0.05) is 23.9 Å². The van der Waals surface area contributed by atoms with Crippen LogP contribution >= 0.6 is 11.8 Å². The highest BCUT2D eigenvalue weighted by molar-refractivity contribution is 7.99. The highest BCUT2D eigenvalue weighted by atomic mass is 32.2. The number of aromatic amines is 1. The third-order valence-electron chi connectivity index (χ3n) is 5.21. The van der Waals surface area contributed by atoms with Crippen LogP contribution in [-0.2, 0) is 4.79 Å². The smallest absolute Gasteiger partial charge is 0.233 e. The number of H-pyrrole nitrogens is 1. The summed E-state index contributed by atoms with van der Waals surface area (Å²) in [6, 6.07) is 15.6. The number of amides is 1. The Hall–Kier alpha value is -3.20. The number of hydrogen-bond donors (Lipinski definition) is 1. The number of methoxy groups -OCH3 is 2. The molecule has 1 N–H and O–H groups in total. The highest BCUT2D eigenvalue weighted by Gasteiger charge is 2.23. The first-order valence-electron chi connectivity index (χ1n) is 10.0. The molecule has 4 rings (SSSR count). The second kappa shape index (κ2) is 9.74. The molecule has 9 heteroatoms. The molecule has 31 heavy (non-hydrogen) atoms. The van der Waals surface area contributed by atoms with E-state index in [2.05, 4.69) is 26.1 Å². The van der Waals surface area contributed by atoms with Crippen molar-refractivity contribution in [3.63, 3.8) is 0 Å². The molecule has 2 heterocycles. The van der Waals surface area contributed by atoms with Crippen LogP contribution in [0.3, 0.4) is 0 Å². The first-order chi connectivity index (χ1) is 15.2. The average molecular weight is 440 g/mol. The van der Waals surface area contributed by atoms with E-state index in [0.29, 0.717) is 29.8 Å². The number of carbonyl (C=O) groups excluding carboxylic acids is 1. The lowest BCUT2D eigenvalue weighted by molar-refractivity contribution is -0.128. The molecule has 1 fully saturated rings. The van der Waals surface area contributed by atoms with Crippen LogP contribution in [0.2, 0.25) is 0 Å². The number of anilines is 1. The van der Waals surface area contributed by atoms with Crippen molar-refractivity contribution in [2.24, 2.45) is 0 Å². The summed E-state index contributed by atoms with van der Waals surface area (Å²) in [4.78, 5) is 21.3. The summed E-state index contributed by atoms with van der Waals surface area (Å²) in [5.41, 5.74) is 1.98.